The smallest absolute Gasteiger partial charge is 0.214 e. The molecule has 0 amide bonds. The molecule has 0 unspecified atom stereocenters. The van der Waals surface area contributed by atoms with Crippen LogP contribution in [-0.4, -0.2) is 18.1 Å². The number of nitrogens with zero attached hydrogens (tertiary/aromatic N) is 2. The number of halogens is 1. The summed E-state index contributed by atoms with van der Waals surface area (Å²) in [5.41, 5.74) is 4.40. The van der Waals surface area contributed by atoms with Crippen molar-refractivity contribution >= 4 is 28.9 Å². The van der Waals surface area contributed by atoms with Crippen LogP contribution in [0.15, 0.2) is 53.2 Å². The Morgan fingerprint density at radius 2 is 2.15 bits per heavy atom. The summed E-state index contributed by atoms with van der Waals surface area (Å²) in [6, 6.07) is 13.5. The second-order valence-electron chi connectivity index (χ2n) is 5.88. The van der Waals surface area contributed by atoms with Gasteiger partial charge in [-0.15, -0.1) is 12.4 Å². The fourth-order valence-electron chi connectivity index (χ4n) is 3.01. The van der Waals surface area contributed by atoms with E-state index < -0.39 is 0 Å². The number of furan rings is 1. The number of rotatable bonds is 4. The van der Waals surface area contributed by atoms with Gasteiger partial charge in [-0.1, -0.05) is 18.2 Å². The van der Waals surface area contributed by atoms with Crippen LogP contribution in [0.4, 0.5) is 0 Å². The number of ether oxygens (including phenoxy) is 1. The van der Waals surface area contributed by atoms with Crippen molar-refractivity contribution in [1.82, 2.24) is 10.3 Å². The van der Waals surface area contributed by atoms with Crippen molar-refractivity contribution in [3.8, 4) is 11.9 Å². The molecule has 5 nitrogen and oxygen atoms in total. The van der Waals surface area contributed by atoms with Crippen LogP contribution in [0, 0.1) is 11.3 Å². The number of hydrogen-bond donors (Lipinski definition) is 1. The van der Waals surface area contributed by atoms with Crippen LogP contribution in [-0.2, 0) is 6.61 Å². The van der Waals surface area contributed by atoms with E-state index in [-0.39, 0.29) is 12.4 Å². The van der Waals surface area contributed by atoms with Gasteiger partial charge in [0.1, 0.15) is 12.2 Å². The molecule has 0 fully saturated rings. The number of nitriles is 1. The second kappa shape index (κ2) is 8.05. The van der Waals surface area contributed by atoms with Gasteiger partial charge < -0.3 is 14.5 Å². The minimum atomic E-state index is 0. The lowest BCUT2D eigenvalue weighted by Crippen LogP contribution is -2.20. The van der Waals surface area contributed by atoms with Gasteiger partial charge in [0, 0.05) is 23.6 Å². The molecule has 0 atom stereocenters. The number of pyridine rings is 1. The minimum absolute atomic E-state index is 0. The van der Waals surface area contributed by atoms with Gasteiger partial charge >= 0.3 is 0 Å². The Balaban J connectivity index is 0.00000196. The van der Waals surface area contributed by atoms with Crippen molar-refractivity contribution in [1.29, 1.82) is 5.26 Å². The van der Waals surface area contributed by atoms with Crippen LogP contribution in [0.3, 0.4) is 0 Å². The number of aromatic nitrogens is 1. The summed E-state index contributed by atoms with van der Waals surface area (Å²) in [4.78, 5) is 4.61. The molecular weight excluding hydrogens is 350 g/mol. The Bertz CT molecular complexity index is 988. The summed E-state index contributed by atoms with van der Waals surface area (Å²) < 4.78 is 11.4. The molecular formula is C20H18ClN3O2. The molecule has 0 bridgehead atoms. The van der Waals surface area contributed by atoms with E-state index in [1.54, 1.807) is 18.4 Å². The molecule has 3 heterocycles. The predicted octanol–water partition coefficient (Wildman–Crippen LogP) is 4.08. The molecule has 0 saturated heterocycles. The molecule has 4 rings (SSSR count). The third-order valence-corrected chi connectivity index (χ3v) is 4.31. The number of benzene rings is 1. The third-order valence-electron chi connectivity index (χ3n) is 4.31. The van der Waals surface area contributed by atoms with Gasteiger partial charge in [0.05, 0.1) is 23.6 Å². The second-order valence-corrected chi connectivity index (χ2v) is 5.88. The van der Waals surface area contributed by atoms with Gasteiger partial charge in [0.15, 0.2) is 0 Å². The molecule has 1 aromatic carbocycles. The molecule has 0 radical (unpaired) electrons. The summed E-state index contributed by atoms with van der Waals surface area (Å²) in [7, 11) is 0. The maximum atomic E-state index is 9.16. The molecule has 0 spiro atoms. The van der Waals surface area contributed by atoms with E-state index in [1.807, 2.05) is 24.3 Å². The first-order valence-electron chi connectivity index (χ1n) is 8.24. The van der Waals surface area contributed by atoms with Gasteiger partial charge in [-0.2, -0.15) is 5.26 Å². The van der Waals surface area contributed by atoms with Gasteiger partial charge in [-0.05, 0) is 36.7 Å². The minimum Gasteiger partial charge on any atom is -0.473 e. The lowest BCUT2D eigenvalue weighted by atomic mass is 10.1. The van der Waals surface area contributed by atoms with E-state index in [2.05, 4.69) is 22.4 Å². The highest BCUT2D eigenvalue weighted by atomic mass is 35.5. The summed E-state index contributed by atoms with van der Waals surface area (Å²) in [6.45, 7) is 2.19. The Labute approximate surface area is 157 Å². The molecule has 1 aliphatic rings. The average molecular weight is 368 g/mol. The number of fused-ring (bicyclic) bond motifs is 1. The molecule has 6 heteroatoms. The van der Waals surface area contributed by atoms with Crippen LogP contribution < -0.4 is 10.1 Å². The van der Waals surface area contributed by atoms with Gasteiger partial charge in [0.25, 0.3) is 0 Å². The van der Waals surface area contributed by atoms with E-state index in [9.17, 15) is 0 Å². The van der Waals surface area contributed by atoms with Crippen molar-refractivity contribution in [2.45, 2.75) is 13.0 Å². The van der Waals surface area contributed by atoms with Crippen LogP contribution in [0.25, 0.3) is 16.5 Å². The molecule has 3 aromatic rings. The zero-order valence-electron chi connectivity index (χ0n) is 14.1. The highest BCUT2D eigenvalue weighted by Gasteiger charge is 2.11. The third kappa shape index (κ3) is 3.57. The summed E-state index contributed by atoms with van der Waals surface area (Å²) >= 11 is 0. The Morgan fingerprint density at radius 3 is 2.96 bits per heavy atom. The monoisotopic (exact) mass is 367 g/mol. The van der Waals surface area contributed by atoms with Gasteiger partial charge in [-0.25, -0.2) is 4.98 Å². The van der Waals surface area contributed by atoms with Gasteiger partial charge in [-0.3, -0.25) is 0 Å². The van der Waals surface area contributed by atoms with E-state index in [0.717, 1.165) is 36.2 Å². The van der Waals surface area contributed by atoms with Crippen molar-refractivity contribution < 1.29 is 9.15 Å². The highest BCUT2D eigenvalue weighted by molar-refractivity contribution is 5.86. The molecule has 26 heavy (non-hydrogen) atoms. The summed E-state index contributed by atoms with van der Waals surface area (Å²) in [5.74, 6) is 0.584. The van der Waals surface area contributed by atoms with Crippen molar-refractivity contribution in [2.24, 2.45) is 0 Å². The molecule has 1 aliphatic heterocycles. The van der Waals surface area contributed by atoms with Crippen LogP contribution in [0.5, 0.6) is 5.88 Å². The zero-order chi connectivity index (χ0) is 17.1. The normalized spacial score (nSPS) is 13.6. The topological polar surface area (TPSA) is 71.1 Å². The first kappa shape index (κ1) is 18.0. The van der Waals surface area contributed by atoms with E-state index in [0.29, 0.717) is 23.6 Å². The lowest BCUT2D eigenvalue weighted by molar-refractivity contribution is 0.293. The Hall–Kier alpha value is -2.81. The summed E-state index contributed by atoms with van der Waals surface area (Å²) in [6.07, 6.45) is 4.74. The van der Waals surface area contributed by atoms with Crippen molar-refractivity contribution in [3.63, 3.8) is 0 Å². The van der Waals surface area contributed by atoms with Crippen LogP contribution in [0.1, 0.15) is 23.2 Å². The van der Waals surface area contributed by atoms with Crippen LogP contribution >= 0.6 is 12.4 Å². The van der Waals surface area contributed by atoms with E-state index in [4.69, 9.17) is 14.4 Å². The number of hydrogen-bond acceptors (Lipinski definition) is 5. The molecule has 2 aromatic heterocycles. The predicted molar refractivity (Wildman–Crippen MR) is 102 cm³/mol. The SMILES string of the molecule is Cl.N#Cc1ccc(COc2cccc(C3=CCNCC3)n2)c2occc12. The zero-order valence-corrected chi connectivity index (χ0v) is 14.9. The number of nitrogens with one attached hydrogen (secondary N) is 1. The molecule has 0 saturated carbocycles. The maximum absolute atomic E-state index is 9.16. The fourth-order valence-corrected chi connectivity index (χ4v) is 3.01. The molecule has 132 valence electrons. The first-order valence-corrected chi connectivity index (χ1v) is 8.24. The Morgan fingerprint density at radius 1 is 1.23 bits per heavy atom. The summed E-state index contributed by atoms with van der Waals surface area (Å²) in [5, 5.41) is 13.3. The van der Waals surface area contributed by atoms with E-state index in [1.165, 1.54) is 5.57 Å². The highest BCUT2D eigenvalue weighted by Crippen LogP contribution is 2.25. The van der Waals surface area contributed by atoms with Crippen molar-refractivity contribution in [3.05, 3.63) is 65.6 Å². The van der Waals surface area contributed by atoms with E-state index >= 15 is 0 Å². The van der Waals surface area contributed by atoms with Crippen LogP contribution in [0.2, 0.25) is 0 Å². The molecule has 1 N–H and O–H groups in total. The average Bonchev–Trinajstić information content (AvgIpc) is 3.17. The lowest BCUT2D eigenvalue weighted by Gasteiger charge is -2.14. The first-order chi connectivity index (χ1) is 12.3. The van der Waals surface area contributed by atoms with Crippen molar-refractivity contribution in [2.75, 3.05) is 13.1 Å². The Kier molecular flexibility index (Phi) is 5.57. The largest absolute Gasteiger partial charge is 0.473 e. The maximum Gasteiger partial charge on any atom is 0.214 e. The standard InChI is InChI=1S/C20H17N3O2.ClH/c21-12-15-4-5-16(20-17(15)8-11-24-20)13-25-19-3-1-2-18(23-19)14-6-9-22-10-7-14;/h1-6,8,11,22H,7,9-10,13H2;1H. The van der Waals surface area contributed by atoms with Gasteiger partial charge in [0.2, 0.25) is 5.88 Å². The quantitative estimate of drug-likeness (QED) is 0.752. The molecule has 0 aliphatic carbocycles. The fraction of sp³-hybridized carbons (Fsp3) is 0.200.